The molecule has 0 spiro atoms. The Kier molecular flexibility index (Phi) is 4.39. The molecular formula is C13H21BrN2. The molecule has 1 aromatic rings. The molecule has 0 aromatic heterocycles. The topological polar surface area (TPSA) is 3.24 Å². The minimum atomic E-state index is 0. The summed E-state index contributed by atoms with van der Waals surface area (Å²) in [6.07, 6.45) is 0. The van der Waals surface area contributed by atoms with Gasteiger partial charge in [-0.2, -0.15) is 0 Å². The zero-order chi connectivity index (χ0) is 10.9. The van der Waals surface area contributed by atoms with E-state index >= 15 is 0 Å². The predicted octanol–water partition coefficient (Wildman–Crippen LogP) is -1.10. The number of quaternary nitrogens is 1. The standard InChI is InChI=1S/C13H21N2.BrH/c1-12-5-4-6-13(11-12)14-7-9-15(2,3)10-8-14;/h4-6,11H,7-10H2,1-3H3;1H/q+1;/p-1. The van der Waals surface area contributed by atoms with Crippen molar-refractivity contribution in [3.05, 3.63) is 29.8 Å². The highest BCUT2D eigenvalue weighted by Gasteiger charge is 2.24. The first-order valence-corrected chi connectivity index (χ1v) is 5.70. The van der Waals surface area contributed by atoms with Crippen LogP contribution in [0.5, 0.6) is 0 Å². The van der Waals surface area contributed by atoms with Crippen LogP contribution in [0.3, 0.4) is 0 Å². The largest absolute Gasteiger partial charge is 1.00 e. The Bertz CT molecular complexity index is 340. The average Bonchev–Trinajstić information content (AvgIpc) is 2.17. The second-order valence-electron chi connectivity index (χ2n) is 5.21. The molecule has 3 heteroatoms. The highest BCUT2D eigenvalue weighted by molar-refractivity contribution is 5.48. The molecular weight excluding hydrogens is 264 g/mol. The first-order valence-electron chi connectivity index (χ1n) is 5.70. The van der Waals surface area contributed by atoms with E-state index in [1.54, 1.807) is 0 Å². The SMILES string of the molecule is Cc1cccc(N2CC[N+](C)(C)CC2)c1.[Br-]. The van der Waals surface area contributed by atoms with Gasteiger partial charge in [0.2, 0.25) is 0 Å². The van der Waals surface area contributed by atoms with Crippen LogP contribution >= 0.6 is 0 Å². The van der Waals surface area contributed by atoms with Crippen LogP contribution in [0.15, 0.2) is 24.3 Å². The summed E-state index contributed by atoms with van der Waals surface area (Å²) in [6, 6.07) is 8.82. The van der Waals surface area contributed by atoms with Gasteiger partial charge in [-0.3, -0.25) is 0 Å². The number of rotatable bonds is 1. The van der Waals surface area contributed by atoms with Gasteiger partial charge in [0.15, 0.2) is 0 Å². The number of aryl methyl sites for hydroxylation is 1. The van der Waals surface area contributed by atoms with Crippen molar-refractivity contribution in [2.75, 3.05) is 45.2 Å². The molecule has 0 unspecified atom stereocenters. The van der Waals surface area contributed by atoms with E-state index in [0.29, 0.717) is 0 Å². The first kappa shape index (κ1) is 13.5. The maximum atomic E-state index is 2.50. The Morgan fingerprint density at radius 2 is 1.75 bits per heavy atom. The highest BCUT2D eigenvalue weighted by atomic mass is 79.9. The lowest BCUT2D eigenvalue weighted by atomic mass is 10.2. The van der Waals surface area contributed by atoms with E-state index in [0.717, 1.165) is 4.48 Å². The summed E-state index contributed by atoms with van der Waals surface area (Å²) in [5.41, 5.74) is 2.74. The number of anilines is 1. The molecule has 1 aliphatic heterocycles. The molecule has 2 nitrogen and oxygen atoms in total. The third-order valence-corrected chi connectivity index (χ3v) is 3.32. The lowest BCUT2D eigenvalue weighted by Gasteiger charge is -2.40. The van der Waals surface area contributed by atoms with Gasteiger partial charge in [-0.1, -0.05) is 12.1 Å². The van der Waals surface area contributed by atoms with Crippen LogP contribution < -0.4 is 21.9 Å². The molecule has 1 heterocycles. The predicted molar refractivity (Wildman–Crippen MR) is 65.2 cm³/mol. The number of halogens is 1. The molecule has 0 aliphatic carbocycles. The summed E-state index contributed by atoms with van der Waals surface area (Å²) in [6.45, 7) is 7.00. The van der Waals surface area contributed by atoms with Gasteiger partial charge in [0.25, 0.3) is 0 Å². The third-order valence-electron chi connectivity index (χ3n) is 3.32. The van der Waals surface area contributed by atoms with Crippen LogP contribution in [-0.4, -0.2) is 44.8 Å². The second kappa shape index (κ2) is 5.19. The van der Waals surface area contributed by atoms with Crippen molar-refractivity contribution in [3.63, 3.8) is 0 Å². The van der Waals surface area contributed by atoms with Crippen molar-refractivity contribution >= 4 is 5.69 Å². The number of likely N-dealkylation sites (N-methyl/N-ethyl adjacent to an activating group) is 1. The fourth-order valence-corrected chi connectivity index (χ4v) is 2.09. The molecule has 1 saturated heterocycles. The summed E-state index contributed by atoms with van der Waals surface area (Å²) in [7, 11) is 4.63. The van der Waals surface area contributed by atoms with E-state index in [-0.39, 0.29) is 17.0 Å². The minimum Gasteiger partial charge on any atom is -1.00 e. The van der Waals surface area contributed by atoms with Gasteiger partial charge < -0.3 is 26.4 Å². The van der Waals surface area contributed by atoms with Crippen LogP contribution in [-0.2, 0) is 0 Å². The summed E-state index contributed by atoms with van der Waals surface area (Å²) in [5, 5.41) is 0. The maximum Gasteiger partial charge on any atom is 0.0961 e. The van der Waals surface area contributed by atoms with Gasteiger partial charge in [0.1, 0.15) is 0 Å². The number of nitrogens with zero attached hydrogens (tertiary/aromatic N) is 2. The van der Waals surface area contributed by atoms with Crippen molar-refractivity contribution in [1.29, 1.82) is 0 Å². The molecule has 0 radical (unpaired) electrons. The Morgan fingerprint density at radius 1 is 1.12 bits per heavy atom. The number of piperazine rings is 1. The Hall–Kier alpha value is -0.540. The normalized spacial score (nSPS) is 19.1. The van der Waals surface area contributed by atoms with E-state index in [1.165, 1.54) is 37.4 Å². The monoisotopic (exact) mass is 284 g/mol. The first-order chi connectivity index (χ1) is 7.07. The second-order valence-corrected chi connectivity index (χ2v) is 5.21. The van der Waals surface area contributed by atoms with E-state index in [2.05, 4.69) is 50.2 Å². The van der Waals surface area contributed by atoms with E-state index in [4.69, 9.17) is 0 Å². The van der Waals surface area contributed by atoms with Gasteiger partial charge in [-0.25, -0.2) is 0 Å². The molecule has 1 fully saturated rings. The molecule has 0 bridgehead atoms. The molecule has 1 aromatic carbocycles. The van der Waals surface area contributed by atoms with Crippen LogP contribution in [0.25, 0.3) is 0 Å². The zero-order valence-electron chi connectivity index (χ0n) is 10.4. The number of hydrogen-bond donors (Lipinski definition) is 0. The molecule has 0 amide bonds. The van der Waals surface area contributed by atoms with Gasteiger partial charge in [-0.05, 0) is 24.6 Å². The van der Waals surface area contributed by atoms with Gasteiger partial charge >= 0.3 is 0 Å². The Balaban J connectivity index is 0.00000128. The summed E-state index contributed by atoms with van der Waals surface area (Å²) in [4.78, 5) is 2.50. The molecule has 0 saturated carbocycles. The van der Waals surface area contributed by atoms with Crippen molar-refractivity contribution in [1.82, 2.24) is 0 Å². The van der Waals surface area contributed by atoms with E-state index < -0.39 is 0 Å². The Labute approximate surface area is 109 Å². The number of benzene rings is 1. The molecule has 2 rings (SSSR count). The summed E-state index contributed by atoms with van der Waals surface area (Å²) in [5.74, 6) is 0. The van der Waals surface area contributed by atoms with Crippen LogP contribution in [0.1, 0.15) is 5.56 Å². The zero-order valence-corrected chi connectivity index (χ0v) is 12.0. The lowest BCUT2D eigenvalue weighted by molar-refractivity contribution is -0.890. The molecule has 1 aliphatic rings. The Morgan fingerprint density at radius 3 is 2.31 bits per heavy atom. The van der Waals surface area contributed by atoms with Crippen LogP contribution in [0.4, 0.5) is 5.69 Å². The minimum absolute atomic E-state index is 0. The van der Waals surface area contributed by atoms with Crippen molar-refractivity contribution in [3.8, 4) is 0 Å². The fraction of sp³-hybridized carbons (Fsp3) is 0.538. The van der Waals surface area contributed by atoms with Gasteiger partial charge in [0, 0.05) is 5.69 Å². The van der Waals surface area contributed by atoms with E-state index in [1.807, 2.05) is 0 Å². The van der Waals surface area contributed by atoms with Crippen molar-refractivity contribution in [2.45, 2.75) is 6.92 Å². The van der Waals surface area contributed by atoms with Crippen molar-refractivity contribution < 1.29 is 21.5 Å². The fourth-order valence-electron chi connectivity index (χ4n) is 2.09. The average molecular weight is 285 g/mol. The summed E-state index contributed by atoms with van der Waals surface area (Å²) < 4.78 is 1.16. The maximum absolute atomic E-state index is 2.50. The summed E-state index contributed by atoms with van der Waals surface area (Å²) >= 11 is 0. The molecule has 0 atom stereocenters. The van der Waals surface area contributed by atoms with Gasteiger partial charge in [-0.15, -0.1) is 0 Å². The number of hydrogen-bond acceptors (Lipinski definition) is 1. The smallest absolute Gasteiger partial charge is 0.0961 e. The third kappa shape index (κ3) is 3.22. The van der Waals surface area contributed by atoms with Crippen LogP contribution in [0, 0.1) is 6.92 Å². The van der Waals surface area contributed by atoms with E-state index in [9.17, 15) is 0 Å². The quantitative estimate of drug-likeness (QED) is 0.592. The molecule has 0 N–H and O–H groups in total. The molecule has 90 valence electrons. The lowest BCUT2D eigenvalue weighted by Crippen LogP contribution is -3.00. The highest BCUT2D eigenvalue weighted by Crippen LogP contribution is 2.18. The van der Waals surface area contributed by atoms with Gasteiger partial charge in [0.05, 0.1) is 40.3 Å². The molecule has 16 heavy (non-hydrogen) atoms. The van der Waals surface area contributed by atoms with Crippen LogP contribution in [0.2, 0.25) is 0 Å². The van der Waals surface area contributed by atoms with Crippen molar-refractivity contribution in [2.24, 2.45) is 0 Å².